The number of anilines is 1. The lowest BCUT2D eigenvalue weighted by Gasteiger charge is -2.32. The Morgan fingerprint density at radius 3 is 2.17 bits per heavy atom. The van der Waals surface area contributed by atoms with Gasteiger partial charge in [-0.1, -0.05) is 55.0 Å². The summed E-state index contributed by atoms with van der Waals surface area (Å²) in [7, 11) is -1.35. The predicted molar refractivity (Wildman–Crippen MR) is 155 cm³/mol. The van der Waals surface area contributed by atoms with Gasteiger partial charge in [0.15, 0.2) is 11.5 Å². The molecule has 0 unspecified atom stereocenters. The zero-order valence-electron chi connectivity index (χ0n) is 23.6. The van der Waals surface area contributed by atoms with Crippen LogP contribution in [0.2, 0.25) is 0 Å². The van der Waals surface area contributed by atoms with Crippen LogP contribution >= 0.6 is 0 Å². The highest BCUT2D eigenvalue weighted by atomic mass is 32.2. The second-order valence-electron chi connectivity index (χ2n) is 9.34. The minimum Gasteiger partial charge on any atom is -0.493 e. The van der Waals surface area contributed by atoms with Gasteiger partial charge < -0.3 is 19.7 Å². The zero-order valence-corrected chi connectivity index (χ0v) is 24.4. The second kappa shape index (κ2) is 13.8. The molecule has 3 rings (SSSR count). The molecular weight excluding hydrogens is 530 g/mol. The van der Waals surface area contributed by atoms with Crippen molar-refractivity contribution < 1.29 is 27.5 Å². The van der Waals surface area contributed by atoms with E-state index in [1.807, 2.05) is 38.1 Å². The summed E-state index contributed by atoms with van der Waals surface area (Å²) in [5, 5.41) is 2.84. The van der Waals surface area contributed by atoms with Crippen molar-refractivity contribution in [3.05, 3.63) is 83.9 Å². The molecule has 0 spiro atoms. The Kier molecular flexibility index (Phi) is 10.6. The minimum atomic E-state index is -4.23. The molecule has 10 heteroatoms. The molecule has 9 nitrogen and oxygen atoms in total. The minimum absolute atomic E-state index is 0.0689. The maximum absolute atomic E-state index is 14.0. The average molecular weight is 568 g/mol. The van der Waals surface area contributed by atoms with E-state index in [1.54, 1.807) is 37.3 Å². The number of rotatable bonds is 13. The first kappa shape index (κ1) is 30.5. The van der Waals surface area contributed by atoms with E-state index >= 15 is 0 Å². The van der Waals surface area contributed by atoms with E-state index in [0.717, 1.165) is 21.9 Å². The normalized spacial score (nSPS) is 11.8. The lowest BCUT2D eigenvalue weighted by Crippen LogP contribution is -2.51. The van der Waals surface area contributed by atoms with E-state index in [9.17, 15) is 18.0 Å². The standard InChI is InChI=1S/C30H37N3O6S/c1-6-18-31-30(35)23(3)32(20-24-14-12-22(2)13-15-24)29(34)21-33(25-10-8-7-9-11-25)40(36,37)26-16-17-27(38-4)28(19-26)39-5/h7-17,19,23H,6,18,20-21H2,1-5H3,(H,31,35)/t23-/m0/s1. The van der Waals surface area contributed by atoms with Gasteiger partial charge in [-0.15, -0.1) is 0 Å². The van der Waals surface area contributed by atoms with Crippen molar-refractivity contribution in [3.8, 4) is 11.5 Å². The van der Waals surface area contributed by atoms with Crippen LogP contribution in [0.15, 0.2) is 77.7 Å². The molecule has 0 fully saturated rings. The first-order valence-corrected chi connectivity index (χ1v) is 14.5. The number of nitrogens with one attached hydrogen (secondary N) is 1. The third kappa shape index (κ3) is 7.32. The lowest BCUT2D eigenvalue weighted by molar-refractivity contribution is -0.139. The molecule has 214 valence electrons. The van der Waals surface area contributed by atoms with E-state index < -0.39 is 28.5 Å². The van der Waals surface area contributed by atoms with Crippen molar-refractivity contribution in [1.82, 2.24) is 10.2 Å². The van der Waals surface area contributed by atoms with E-state index in [0.29, 0.717) is 18.0 Å². The number of benzene rings is 3. The molecule has 2 amide bonds. The number of para-hydroxylation sites is 1. The van der Waals surface area contributed by atoms with Crippen molar-refractivity contribution >= 4 is 27.5 Å². The number of nitrogens with zero attached hydrogens (tertiary/aromatic N) is 2. The molecule has 0 saturated heterocycles. The number of sulfonamides is 1. The molecular formula is C30H37N3O6S. The molecule has 1 N–H and O–H groups in total. The Balaban J connectivity index is 2.02. The molecule has 0 aliphatic heterocycles. The summed E-state index contributed by atoms with van der Waals surface area (Å²) in [5.41, 5.74) is 2.19. The Morgan fingerprint density at radius 2 is 1.57 bits per heavy atom. The van der Waals surface area contributed by atoms with Crippen LogP contribution in [-0.2, 0) is 26.2 Å². The summed E-state index contributed by atoms with van der Waals surface area (Å²) in [6.07, 6.45) is 0.746. The highest BCUT2D eigenvalue weighted by molar-refractivity contribution is 7.92. The van der Waals surface area contributed by atoms with Crippen molar-refractivity contribution in [2.75, 3.05) is 31.6 Å². The average Bonchev–Trinajstić information content (AvgIpc) is 2.97. The van der Waals surface area contributed by atoms with Gasteiger partial charge in [0.2, 0.25) is 11.8 Å². The van der Waals surface area contributed by atoms with Gasteiger partial charge in [-0.2, -0.15) is 0 Å². The lowest BCUT2D eigenvalue weighted by atomic mass is 10.1. The Morgan fingerprint density at radius 1 is 0.925 bits per heavy atom. The fraction of sp³-hybridized carbons (Fsp3) is 0.333. The SMILES string of the molecule is CCCNC(=O)[C@H](C)N(Cc1ccc(C)cc1)C(=O)CN(c1ccccc1)S(=O)(=O)c1ccc(OC)c(OC)c1. The molecule has 0 aromatic heterocycles. The van der Waals surface area contributed by atoms with Crippen molar-refractivity contribution in [3.63, 3.8) is 0 Å². The molecule has 40 heavy (non-hydrogen) atoms. The van der Waals surface area contributed by atoms with Crippen LogP contribution in [0, 0.1) is 6.92 Å². The molecule has 0 aliphatic carbocycles. The molecule has 3 aromatic rings. The van der Waals surface area contributed by atoms with Crippen LogP contribution in [0.1, 0.15) is 31.4 Å². The highest BCUT2D eigenvalue weighted by Crippen LogP contribution is 2.32. The summed E-state index contributed by atoms with van der Waals surface area (Å²) < 4.78 is 39.6. The van der Waals surface area contributed by atoms with E-state index in [1.165, 1.54) is 37.3 Å². The number of hydrogen-bond donors (Lipinski definition) is 1. The highest BCUT2D eigenvalue weighted by Gasteiger charge is 2.33. The van der Waals surface area contributed by atoms with Gasteiger partial charge >= 0.3 is 0 Å². The number of methoxy groups -OCH3 is 2. The van der Waals surface area contributed by atoms with Crippen molar-refractivity contribution in [2.24, 2.45) is 0 Å². The van der Waals surface area contributed by atoms with Gasteiger partial charge in [0.1, 0.15) is 12.6 Å². The molecule has 0 heterocycles. The predicted octanol–water partition coefficient (Wildman–Crippen LogP) is 4.15. The van der Waals surface area contributed by atoms with Gasteiger partial charge in [0.25, 0.3) is 10.0 Å². The topological polar surface area (TPSA) is 105 Å². The third-order valence-electron chi connectivity index (χ3n) is 6.46. The summed E-state index contributed by atoms with van der Waals surface area (Å²) in [6.45, 7) is 5.64. The first-order chi connectivity index (χ1) is 19.1. The number of carbonyl (C=O) groups excluding carboxylic acids is 2. The number of carbonyl (C=O) groups is 2. The van der Waals surface area contributed by atoms with Crippen LogP contribution in [0.5, 0.6) is 11.5 Å². The largest absolute Gasteiger partial charge is 0.493 e. The zero-order chi connectivity index (χ0) is 29.3. The van der Waals surface area contributed by atoms with Gasteiger partial charge in [-0.3, -0.25) is 13.9 Å². The quantitative estimate of drug-likeness (QED) is 0.333. The third-order valence-corrected chi connectivity index (χ3v) is 8.23. The molecule has 0 aliphatic rings. The van der Waals surface area contributed by atoms with E-state index in [-0.39, 0.29) is 23.1 Å². The van der Waals surface area contributed by atoms with Crippen LogP contribution in [-0.4, -0.2) is 58.5 Å². The molecule has 1 atom stereocenters. The van der Waals surface area contributed by atoms with Crippen LogP contribution in [0.3, 0.4) is 0 Å². The molecule has 0 bridgehead atoms. The fourth-order valence-electron chi connectivity index (χ4n) is 4.10. The Bertz CT molecular complexity index is 1390. The van der Waals surface area contributed by atoms with Gasteiger partial charge in [-0.25, -0.2) is 8.42 Å². The number of hydrogen-bond acceptors (Lipinski definition) is 6. The maximum Gasteiger partial charge on any atom is 0.264 e. The van der Waals surface area contributed by atoms with E-state index in [2.05, 4.69) is 5.32 Å². The van der Waals surface area contributed by atoms with Gasteiger partial charge in [0, 0.05) is 19.2 Å². The Labute approximate surface area is 236 Å². The molecule has 0 radical (unpaired) electrons. The van der Waals surface area contributed by atoms with Gasteiger partial charge in [-0.05, 0) is 50.1 Å². The summed E-state index contributed by atoms with van der Waals surface area (Å²) in [4.78, 5) is 28.2. The Hall–Kier alpha value is -4.05. The van der Waals surface area contributed by atoms with Crippen molar-refractivity contribution in [2.45, 2.75) is 44.7 Å². The molecule has 3 aromatic carbocycles. The molecule has 0 saturated carbocycles. The first-order valence-electron chi connectivity index (χ1n) is 13.0. The second-order valence-corrected chi connectivity index (χ2v) is 11.2. The van der Waals surface area contributed by atoms with E-state index in [4.69, 9.17) is 9.47 Å². The number of ether oxygens (including phenoxy) is 2. The van der Waals surface area contributed by atoms with Crippen LogP contribution in [0.4, 0.5) is 5.69 Å². The monoisotopic (exact) mass is 567 g/mol. The smallest absolute Gasteiger partial charge is 0.264 e. The summed E-state index contributed by atoms with van der Waals surface area (Å²) in [6, 6.07) is 19.5. The van der Waals surface area contributed by atoms with Gasteiger partial charge in [0.05, 0.1) is 24.8 Å². The van der Waals surface area contributed by atoms with Crippen molar-refractivity contribution in [1.29, 1.82) is 0 Å². The fourth-order valence-corrected chi connectivity index (χ4v) is 5.53. The summed E-state index contributed by atoms with van der Waals surface area (Å²) in [5.74, 6) is -0.214. The van der Waals surface area contributed by atoms with Crippen LogP contribution < -0.4 is 19.1 Å². The maximum atomic E-state index is 14.0. The number of amides is 2. The number of aryl methyl sites for hydroxylation is 1. The summed E-state index contributed by atoms with van der Waals surface area (Å²) >= 11 is 0. The van der Waals surface area contributed by atoms with Crippen LogP contribution in [0.25, 0.3) is 0 Å².